The van der Waals surface area contributed by atoms with Gasteiger partial charge in [0.1, 0.15) is 5.75 Å². The van der Waals surface area contributed by atoms with Crippen molar-refractivity contribution in [2.24, 2.45) is 0 Å². The van der Waals surface area contributed by atoms with E-state index in [0.717, 1.165) is 15.6 Å². The molecule has 4 heteroatoms. The minimum Gasteiger partial charge on any atom is -0.483 e. The van der Waals surface area contributed by atoms with Gasteiger partial charge in [0.25, 0.3) is 5.91 Å². The number of rotatable bonds is 6. The van der Waals surface area contributed by atoms with Gasteiger partial charge in [0.2, 0.25) is 0 Å². The summed E-state index contributed by atoms with van der Waals surface area (Å²) < 4.78 is 6.65. The lowest BCUT2D eigenvalue weighted by molar-refractivity contribution is -0.123. The molecule has 0 aliphatic rings. The fraction of sp³-hybridized carbons (Fsp3) is 0.269. The molecular formula is C26H28BrNO2. The third-order valence-electron chi connectivity index (χ3n) is 5.01. The zero-order valence-electron chi connectivity index (χ0n) is 17.9. The van der Waals surface area contributed by atoms with Crippen molar-refractivity contribution in [2.75, 3.05) is 6.61 Å². The molecule has 30 heavy (non-hydrogen) atoms. The number of carbonyl (C=O) groups excluding carboxylic acids is 1. The smallest absolute Gasteiger partial charge is 0.258 e. The SMILES string of the molecule is Cc1ccc([C@H](NC(=O)COc2ccc(C(C)(C)C)cc2Br)c2ccccc2)cc1. The lowest BCUT2D eigenvalue weighted by atomic mass is 9.87. The van der Waals surface area contributed by atoms with Crippen molar-refractivity contribution in [3.8, 4) is 5.75 Å². The van der Waals surface area contributed by atoms with Gasteiger partial charge in [0.05, 0.1) is 10.5 Å². The summed E-state index contributed by atoms with van der Waals surface area (Å²) in [5.74, 6) is 0.487. The maximum absolute atomic E-state index is 12.7. The van der Waals surface area contributed by atoms with Crippen LogP contribution in [0.1, 0.15) is 49.1 Å². The molecule has 1 atom stereocenters. The second-order valence-electron chi connectivity index (χ2n) is 8.51. The highest BCUT2D eigenvalue weighted by molar-refractivity contribution is 9.10. The van der Waals surface area contributed by atoms with E-state index in [0.29, 0.717) is 5.75 Å². The fourth-order valence-electron chi connectivity index (χ4n) is 3.19. The van der Waals surface area contributed by atoms with Gasteiger partial charge in [-0.15, -0.1) is 0 Å². The summed E-state index contributed by atoms with van der Waals surface area (Å²) >= 11 is 3.56. The lowest BCUT2D eigenvalue weighted by Gasteiger charge is -2.21. The van der Waals surface area contributed by atoms with Crippen molar-refractivity contribution in [2.45, 2.75) is 39.2 Å². The summed E-state index contributed by atoms with van der Waals surface area (Å²) in [6, 6.07) is 24.0. The third kappa shape index (κ3) is 5.73. The molecule has 0 fully saturated rings. The number of carbonyl (C=O) groups is 1. The average Bonchev–Trinajstić information content (AvgIpc) is 2.72. The van der Waals surface area contributed by atoms with Crippen LogP contribution in [0.2, 0.25) is 0 Å². The third-order valence-corrected chi connectivity index (χ3v) is 5.63. The van der Waals surface area contributed by atoms with Gasteiger partial charge in [-0.05, 0) is 57.1 Å². The zero-order valence-corrected chi connectivity index (χ0v) is 19.5. The topological polar surface area (TPSA) is 38.3 Å². The molecule has 3 aromatic rings. The van der Waals surface area contributed by atoms with Crippen molar-refractivity contribution in [1.82, 2.24) is 5.32 Å². The first kappa shape index (κ1) is 22.1. The van der Waals surface area contributed by atoms with Crippen LogP contribution in [0.25, 0.3) is 0 Å². The molecule has 3 aromatic carbocycles. The Balaban J connectivity index is 1.72. The molecule has 0 aromatic heterocycles. The van der Waals surface area contributed by atoms with Crippen molar-refractivity contribution < 1.29 is 9.53 Å². The van der Waals surface area contributed by atoms with Crippen LogP contribution in [0.3, 0.4) is 0 Å². The Bertz CT molecular complexity index is 992. The van der Waals surface area contributed by atoms with Gasteiger partial charge < -0.3 is 10.1 Å². The Hall–Kier alpha value is -2.59. The first-order valence-corrected chi connectivity index (χ1v) is 10.9. The fourth-order valence-corrected chi connectivity index (χ4v) is 3.69. The van der Waals surface area contributed by atoms with Gasteiger partial charge in [-0.1, -0.05) is 87.0 Å². The maximum Gasteiger partial charge on any atom is 0.258 e. The molecule has 0 aliphatic carbocycles. The number of nitrogens with one attached hydrogen (secondary N) is 1. The molecule has 1 amide bonds. The highest BCUT2D eigenvalue weighted by atomic mass is 79.9. The molecule has 0 aliphatic heterocycles. The van der Waals surface area contributed by atoms with Crippen molar-refractivity contribution >= 4 is 21.8 Å². The van der Waals surface area contributed by atoms with Crippen LogP contribution in [0.4, 0.5) is 0 Å². The van der Waals surface area contributed by atoms with Gasteiger partial charge in [-0.2, -0.15) is 0 Å². The van der Waals surface area contributed by atoms with E-state index >= 15 is 0 Å². The maximum atomic E-state index is 12.7. The van der Waals surface area contributed by atoms with E-state index in [2.05, 4.69) is 73.2 Å². The molecule has 1 N–H and O–H groups in total. The quantitative estimate of drug-likeness (QED) is 0.461. The van der Waals surface area contributed by atoms with E-state index in [4.69, 9.17) is 4.74 Å². The minimum atomic E-state index is -0.227. The van der Waals surface area contributed by atoms with Crippen molar-refractivity contribution in [3.05, 3.63) is 99.5 Å². The Morgan fingerprint density at radius 2 is 1.60 bits per heavy atom. The van der Waals surface area contributed by atoms with E-state index in [1.807, 2.05) is 48.5 Å². The summed E-state index contributed by atoms with van der Waals surface area (Å²) in [4.78, 5) is 12.7. The van der Waals surface area contributed by atoms with E-state index in [1.165, 1.54) is 11.1 Å². The van der Waals surface area contributed by atoms with Gasteiger partial charge in [-0.25, -0.2) is 0 Å². The van der Waals surface area contributed by atoms with Crippen LogP contribution in [0.15, 0.2) is 77.3 Å². The molecule has 0 saturated carbocycles. The Morgan fingerprint density at radius 1 is 0.967 bits per heavy atom. The van der Waals surface area contributed by atoms with E-state index in [1.54, 1.807) is 0 Å². The average molecular weight is 466 g/mol. The summed E-state index contributed by atoms with van der Waals surface area (Å²) in [6.45, 7) is 8.49. The molecule has 3 nitrogen and oxygen atoms in total. The first-order chi connectivity index (χ1) is 14.2. The standard InChI is InChI=1S/C26H28BrNO2/c1-18-10-12-20(13-11-18)25(19-8-6-5-7-9-19)28-24(29)17-30-23-15-14-21(16-22(23)27)26(2,3)4/h5-16,25H,17H2,1-4H3,(H,28,29)/t25-/m1/s1. The van der Waals surface area contributed by atoms with Crippen LogP contribution in [-0.4, -0.2) is 12.5 Å². The largest absolute Gasteiger partial charge is 0.483 e. The molecule has 0 spiro atoms. The molecule has 156 valence electrons. The first-order valence-electron chi connectivity index (χ1n) is 10.1. The number of amides is 1. The molecular weight excluding hydrogens is 438 g/mol. The Morgan fingerprint density at radius 3 is 2.20 bits per heavy atom. The van der Waals surface area contributed by atoms with Crippen molar-refractivity contribution in [1.29, 1.82) is 0 Å². The van der Waals surface area contributed by atoms with Gasteiger partial charge in [0, 0.05) is 0 Å². The predicted molar refractivity (Wildman–Crippen MR) is 126 cm³/mol. The van der Waals surface area contributed by atoms with Crippen molar-refractivity contribution in [3.63, 3.8) is 0 Å². The van der Waals surface area contributed by atoms with Crippen LogP contribution in [0.5, 0.6) is 5.75 Å². The summed E-state index contributed by atoms with van der Waals surface area (Å²) in [5, 5.41) is 3.12. The zero-order chi connectivity index (χ0) is 21.7. The minimum absolute atomic E-state index is 0.0510. The second kappa shape index (κ2) is 9.48. The monoisotopic (exact) mass is 465 g/mol. The predicted octanol–water partition coefficient (Wildman–Crippen LogP) is 6.34. The molecule has 0 radical (unpaired) electrons. The molecule has 0 saturated heterocycles. The lowest BCUT2D eigenvalue weighted by Crippen LogP contribution is -2.33. The number of aryl methyl sites for hydroxylation is 1. The number of hydrogen-bond donors (Lipinski definition) is 1. The van der Waals surface area contributed by atoms with Crippen LogP contribution in [0, 0.1) is 6.92 Å². The molecule has 3 rings (SSSR count). The Labute approximate surface area is 187 Å². The van der Waals surface area contributed by atoms with Crippen LogP contribution in [-0.2, 0) is 10.2 Å². The van der Waals surface area contributed by atoms with Gasteiger partial charge in [0.15, 0.2) is 6.61 Å². The van der Waals surface area contributed by atoms with E-state index < -0.39 is 0 Å². The van der Waals surface area contributed by atoms with Crippen LogP contribution < -0.4 is 10.1 Å². The van der Waals surface area contributed by atoms with E-state index in [9.17, 15) is 4.79 Å². The highest BCUT2D eigenvalue weighted by Crippen LogP contribution is 2.31. The molecule has 0 heterocycles. The normalized spacial score (nSPS) is 12.3. The van der Waals surface area contributed by atoms with E-state index in [-0.39, 0.29) is 24.0 Å². The van der Waals surface area contributed by atoms with Gasteiger partial charge >= 0.3 is 0 Å². The Kier molecular flexibility index (Phi) is 6.99. The highest BCUT2D eigenvalue weighted by Gasteiger charge is 2.18. The van der Waals surface area contributed by atoms with Crippen LogP contribution >= 0.6 is 15.9 Å². The summed E-state index contributed by atoms with van der Waals surface area (Å²) in [5.41, 5.74) is 4.51. The number of benzene rings is 3. The summed E-state index contributed by atoms with van der Waals surface area (Å²) in [7, 11) is 0. The molecule has 0 unspecified atom stereocenters. The summed E-state index contributed by atoms with van der Waals surface area (Å²) in [6.07, 6.45) is 0. The molecule has 0 bridgehead atoms. The number of ether oxygens (including phenoxy) is 1. The number of halogens is 1. The van der Waals surface area contributed by atoms with Gasteiger partial charge in [-0.3, -0.25) is 4.79 Å². The second-order valence-corrected chi connectivity index (χ2v) is 9.36. The number of hydrogen-bond acceptors (Lipinski definition) is 2.